The Morgan fingerprint density at radius 3 is 3.00 bits per heavy atom. The molecule has 0 spiro atoms. The molecule has 1 aromatic rings. The van der Waals surface area contributed by atoms with Crippen molar-refractivity contribution in [3.05, 3.63) is 23.7 Å². The summed E-state index contributed by atoms with van der Waals surface area (Å²) in [6.45, 7) is 2.55. The Kier molecular flexibility index (Phi) is 4.47. The minimum Gasteiger partial charge on any atom is -0.462 e. The zero-order valence-corrected chi connectivity index (χ0v) is 11.6. The second-order valence-corrected chi connectivity index (χ2v) is 4.86. The first-order chi connectivity index (χ1) is 9.11. The van der Waals surface area contributed by atoms with Crippen molar-refractivity contribution in [2.24, 2.45) is 0 Å². The van der Waals surface area contributed by atoms with E-state index in [-0.39, 0.29) is 23.7 Å². The summed E-state index contributed by atoms with van der Waals surface area (Å²) >= 11 is 5.61. The molecule has 0 saturated carbocycles. The van der Waals surface area contributed by atoms with Crippen LogP contribution in [0.1, 0.15) is 37.3 Å². The number of halogens is 1. The molecule has 1 aliphatic rings. The standard InChI is InChI=1S/C13H17ClN2O3/c1-9(17)15-8-10-4-5-12(19-10)11-3-2-6-16(11)13(18)7-14/h4-5,11H,2-3,6-8H2,1H3,(H,15,17). The van der Waals surface area contributed by atoms with Crippen molar-refractivity contribution < 1.29 is 14.0 Å². The number of likely N-dealkylation sites (tertiary alicyclic amines) is 1. The van der Waals surface area contributed by atoms with E-state index in [1.165, 1.54) is 6.92 Å². The number of carbonyl (C=O) groups excluding carboxylic acids is 2. The molecule has 1 atom stereocenters. The summed E-state index contributed by atoms with van der Waals surface area (Å²) in [7, 11) is 0. The topological polar surface area (TPSA) is 62.6 Å². The Morgan fingerprint density at radius 1 is 1.53 bits per heavy atom. The molecule has 2 heterocycles. The van der Waals surface area contributed by atoms with Crippen LogP contribution in [0.4, 0.5) is 0 Å². The van der Waals surface area contributed by atoms with Crippen LogP contribution in [-0.2, 0) is 16.1 Å². The maximum absolute atomic E-state index is 11.7. The predicted molar refractivity (Wildman–Crippen MR) is 70.6 cm³/mol. The summed E-state index contributed by atoms with van der Waals surface area (Å²) in [5.74, 6) is 1.28. The Hall–Kier alpha value is -1.49. The SMILES string of the molecule is CC(=O)NCc1ccc(C2CCCN2C(=O)CCl)o1. The van der Waals surface area contributed by atoms with Crippen LogP contribution in [0.25, 0.3) is 0 Å². The molecule has 1 N–H and O–H groups in total. The van der Waals surface area contributed by atoms with Crippen LogP contribution in [0.15, 0.2) is 16.5 Å². The molecular weight excluding hydrogens is 268 g/mol. The van der Waals surface area contributed by atoms with Crippen molar-refractivity contribution in [2.75, 3.05) is 12.4 Å². The van der Waals surface area contributed by atoms with Gasteiger partial charge in [0.1, 0.15) is 17.4 Å². The van der Waals surface area contributed by atoms with E-state index in [0.717, 1.165) is 25.1 Å². The van der Waals surface area contributed by atoms with Gasteiger partial charge in [0.25, 0.3) is 0 Å². The summed E-state index contributed by atoms with van der Waals surface area (Å²) in [6, 6.07) is 3.66. The Morgan fingerprint density at radius 2 is 2.32 bits per heavy atom. The van der Waals surface area contributed by atoms with Crippen molar-refractivity contribution in [3.63, 3.8) is 0 Å². The van der Waals surface area contributed by atoms with E-state index in [1.807, 2.05) is 12.1 Å². The molecule has 5 nitrogen and oxygen atoms in total. The third-order valence-electron chi connectivity index (χ3n) is 3.21. The lowest BCUT2D eigenvalue weighted by molar-refractivity contribution is -0.129. The summed E-state index contributed by atoms with van der Waals surface area (Å²) in [5.41, 5.74) is 0. The molecule has 0 aliphatic carbocycles. The summed E-state index contributed by atoms with van der Waals surface area (Å²) in [5, 5.41) is 2.68. The van der Waals surface area contributed by atoms with Crippen molar-refractivity contribution in [1.82, 2.24) is 10.2 Å². The van der Waals surface area contributed by atoms with Gasteiger partial charge in [0.2, 0.25) is 11.8 Å². The first-order valence-corrected chi connectivity index (χ1v) is 6.83. The molecule has 1 saturated heterocycles. The van der Waals surface area contributed by atoms with E-state index in [0.29, 0.717) is 12.3 Å². The van der Waals surface area contributed by atoms with E-state index in [4.69, 9.17) is 16.0 Å². The summed E-state index contributed by atoms with van der Waals surface area (Å²) in [4.78, 5) is 24.3. The van der Waals surface area contributed by atoms with E-state index in [2.05, 4.69) is 5.32 Å². The van der Waals surface area contributed by atoms with Crippen molar-refractivity contribution in [3.8, 4) is 0 Å². The number of furan rings is 1. The molecule has 1 aromatic heterocycles. The Bertz CT molecular complexity index is 472. The molecule has 1 fully saturated rings. The average molecular weight is 285 g/mol. The van der Waals surface area contributed by atoms with Crippen LogP contribution >= 0.6 is 11.6 Å². The molecule has 0 bridgehead atoms. The van der Waals surface area contributed by atoms with Gasteiger partial charge in [-0.1, -0.05) is 0 Å². The highest BCUT2D eigenvalue weighted by Crippen LogP contribution is 2.33. The number of hydrogen-bond acceptors (Lipinski definition) is 3. The zero-order valence-electron chi connectivity index (χ0n) is 10.8. The molecule has 6 heteroatoms. The third-order valence-corrected chi connectivity index (χ3v) is 3.44. The van der Waals surface area contributed by atoms with Gasteiger partial charge in [0, 0.05) is 13.5 Å². The van der Waals surface area contributed by atoms with Crippen LogP contribution in [0, 0.1) is 0 Å². The quantitative estimate of drug-likeness (QED) is 0.858. The highest BCUT2D eigenvalue weighted by atomic mass is 35.5. The van der Waals surface area contributed by atoms with Gasteiger partial charge in [-0.3, -0.25) is 9.59 Å². The fourth-order valence-electron chi connectivity index (χ4n) is 2.32. The lowest BCUT2D eigenvalue weighted by Crippen LogP contribution is -2.31. The minimum absolute atomic E-state index is 0.00401. The van der Waals surface area contributed by atoms with Gasteiger partial charge in [-0.2, -0.15) is 0 Å². The highest BCUT2D eigenvalue weighted by molar-refractivity contribution is 6.27. The predicted octanol–water partition coefficient (Wildman–Crippen LogP) is 1.82. The summed E-state index contributed by atoms with van der Waals surface area (Å²) in [6.07, 6.45) is 1.84. The number of nitrogens with zero attached hydrogens (tertiary/aromatic N) is 1. The first-order valence-electron chi connectivity index (χ1n) is 6.30. The van der Waals surface area contributed by atoms with Crippen LogP contribution in [0.3, 0.4) is 0 Å². The van der Waals surface area contributed by atoms with E-state index in [1.54, 1.807) is 4.90 Å². The monoisotopic (exact) mass is 284 g/mol. The number of rotatable bonds is 4. The lowest BCUT2D eigenvalue weighted by atomic mass is 10.1. The van der Waals surface area contributed by atoms with Crippen LogP contribution in [-0.4, -0.2) is 29.1 Å². The van der Waals surface area contributed by atoms with Gasteiger partial charge < -0.3 is 14.6 Å². The van der Waals surface area contributed by atoms with Gasteiger partial charge in [-0.25, -0.2) is 0 Å². The normalized spacial score (nSPS) is 18.6. The van der Waals surface area contributed by atoms with Gasteiger partial charge in [-0.15, -0.1) is 11.6 Å². The lowest BCUT2D eigenvalue weighted by Gasteiger charge is -2.22. The molecule has 0 aromatic carbocycles. The molecule has 19 heavy (non-hydrogen) atoms. The first kappa shape index (κ1) is 13.9. The van der Waals surface area contributed by atoms with E-state index in [9.17, 15) is 9.59 Å². The second-order valence-electron chi connectivity index (χ2n) is 4.59. The molecule has 2 amide bonds. The molecule has 1 aliphatic heterocycles. The third kappa shape index (κ3) is 3.29. The maximum atomic E-state index is 11.7. The van der Waals surface area contributed by atoms with Crippen LogP contribution in [0.5, 0.6) is 0 Å². The molecule has 1 unspecified atom stereocenters. The minimum atomic E-state index is -0.0993. The van der Waals surface area contributed by atoms with Crippen molar-refractivity contribution >= 4 is 23.4 Å². The number of hydrogen-bond donors (Lipinski definition) is 1. The van der Waals surface area contributed by atoms with Crippen molar-refractivity contribution in [2.45, 2.75) is 32.4 Å². The fourth-order valence-corrected chi connectivity index (χ4v) is 2.47. The summed E-state index contributed by atoms with van der Waals surface area (Å²) < 4.78 is 5.69. The molecular formula is C13H17ClN2O3. The van der Waals surface area contributed by atoms with Crippen LogP contribution < -0.4 is 5.32 Å². The molecule has 0 radical (unpaired) electrons. The van der Waals surface area contributed by atoms with Gasteiger partial charge in [-0.05, 0) is 25.0 Å². The smallest absolute Gasteiger partial charge is 0.238 e. The Labute approximate surface area is 116 Å². The number of alkyl halides is 1. The number of amides is 2. The van der Waals surface area contributed by atoms with Gasteiger partial charge >= 0.3 is 0 Å². The zero-order chi connectivity index (χ0) is 13.8. The van der Waals surface area contributed by atoms with E-state index < -0.39 is 0 Å². The average Bonchev–Trinajstić information content (AvgIpc) is 3.03. The van der Waals surface area contributed by atoms with E-state index >= 15 is 0 Å². The number of carbonyl (C=O) groups is 2. The van der Waals surface area contributed by atoms with Gasteiger partial charge in [0.05, 0.1) is 12.6 Å². The molecule has 104 valence electrons. The van der Waals surface area contributed by atoms with Crippen LogP contribution in [0.2, 0.25) is 0 Å². The highest BCUT2D eigenvalue weighted by Gasteiger charge is 2.31. The molecule has 2 rings (SSSR count). The van der Waals surface area contributed by atoms with Gasteiger partial charge in [0.15, 0.2) is 0 Å². The maximum Gasteiger partial charge on any atom is 0.238 e. The largest absolute Gasteiger partial charge is 0.462 e. The second kappa shape index (κ2) is 6.10. The Balaban J connectivity index is 2.05. The fraction of sp³-hybridized carbons (Fsp3) is 0.538. The van der Waals surface area contributed by atoms with Crippen molar-refractivity contribution in [1.29, 1.82) is 0 Å². The number of nitrogens with one attached hydrogen (secondary N) is 1.